The molecule has 0 saturated carbocycles. The first-order valence-corrected chi connectivity index (χ1v) is 7.41. The van der Waals surface area contributed by atoms with Crippen LogP contribution < -0.4 is 0 Å². The Bertz CT molecular complexity index is 555. The molecular formula is C10H16ClN3O3S. The van der Waals surface area contributed by atoms with Crippen molar-refractivity contribution in [1.29, 1.82) is 0 Å². The molecule has 1 atom stereocenters. The molecule has 2 heterocycles. The number of rotatable bonds is 3. The maximum Gasteiger partial charge on any atom is 0.248 e. The Hall–Kier alpha value is -0.630. The molecule has 1 aliphatic heterocycles. The van der Waals surface area contributed by atoms with Crippen molar-refractivity contribution in [3.63, 3.8) is 0 Å². The second-order valence-electron chi connectivity index (χ2n) is 4.34. The molecule has 1 aromatic heterocycles. The summed E-state index contributed by atoms with van der Waals surface area (Å²) in [6, 6.07) is 0. The van der Waals surface area contributed by atoms with Crippen LogP contribution in [0.1, 0.15) is 12.1 Å². The van der Waals surface area contributed by atoms with Crippen molar-refractivity contribution in [2.45, 2.75) is 24.3 Å². The van der Waals surface area contributed by atoms with E-state index < -0.39 is 10.0 Å². The van der Waals surface area contributed by atoms with E-state index in [4.69, 9.17) is 16.3 Å². The van der Waals surface area contributed by atoms with Crippen molar-refractivity contribution in [3.05, 3.63) is 10.8 Å². The molecule has 1 aliphatic rings. The van der Waals surface area contributed by atoms with Crippen LogP contribution in [0.2, 0.25) is 5.15 Å². The lowest BCUT2D eigenvalue weighted by Gasteiger charge is -2.16. The van der Waals surface area contributed by atoms with E-state index in [1.165, 1.54) is 8.99 Å². The van der Waals surface area contributed by atoms with Gasteiger partial charge in [-0.25, -0.2) is 8.42 Å². The third kappa shape index (κ3) is 2.16. The van der Waals surface area contributed by atoms with E-state index in [0.29, 0.717) is 25.2 Å². The summed E-state index contributed by atoms with van der Waals surface area (Å²) in [7, 11) is -0.376. The molecule has 6 nitrogen and oxygen atoms in total. The molecular weight excluding hydrogens is 278 g/mol. The molecule has 0 aromatic carbocycles. The van der Waals surface area contributed by atoms with Crippen LogP contribution >= 0.6 is 11.6 Å². The van der Waals surface area contributed by atoms with Crippen LogP contribution in [0.15, 0.2) is 4.90 Å². The Morgan fingerprint density at radius 3 is 2.61 bits per heavy atom. The number of hydrogen-bond acceptors (Lipinski definition) is 4. The lowest BCUT2D eigenvalue weighted by atomic mass is 10.3. The fourth-order valence-electron chi connectivity index (χ4n) is 2.14. The highest BCUT2D eigenvalue weighted by atomic mass is 35.5. The molecule has 1 fully saturated rings. The largest absolute Gasteiger partial charge is 0.380 e. The molecule has 0 bridgehead atoms. The molecule has 0 spiro atoms. The summed E-state index contributed by atoms with van der Waals surface area (Å²) < 4.78 is 32.9. The van der Waals surface area contributed by atoms with E-state index in [9.17, 15) is 8.42 Å². The second-order valence-corrected chi connectivity index (χ2v) is 6.57. The Balaban J connectivity index is 2.37. The highest BCUT2D eigenvalue weighted by Gasteiger charge is 2.36. The van der Waals surface area contributed by atoms with Crippen molar-refractivity contribution in [1.82, 2.24) is 14.1 Å². The van der Waals surface area contributed by atoms with Crippen LogP contribution in [0.3, 0.4) is 0 Å². The molecule has 0 radical (unpaired) electrons. The van der Waals surface area contributed by atoms with E-state index in [0.717, 1.165) is 0 Å². The van der Waals surface area contributed by atoms with Crippen LogP contribution in [0.5, 0.6) is 0 Å². The van der Waals surface area contributed by atoms with Gasteiger partial charge in [0, 0.05) is 27.2 Å². The van der Waals surface area contributed by atoms with E-state index in [2.05, 4.69) is 5.10 Å². The summed E-state index contributed by atoms with van der Waals surface area (Å²) in [4.78, 5) is 0.100. The van der Waals surface area contributed by atoms with E-state index >= 15 is 0 Å². The van der Waals surface area contributed by atoms with Crippen molar-refractivity contribution < 1.29 is 13.2 Å². The summed E-state index contributed by atoms with van der Waals surface area (Å²) in [6.45, 7) is 2.46. The minimum Gasteiger partial charge on any atom is -0.380 e. The SMILES string of the molecule is COC1CCN(S(=O)(=O)c2c(C)nn(C)c2Cl)C1. The van der Waals surface area contributed by atoms with Crippen molar-refractivity contribution in [3.8, 4) is 0 Å². The summed E-state index contributed by atoms with van der Waals surface area (Å²) >= 11 is 6.01. The van der Waals surface area contributed by atoms with Gasteiger partial charge < -0.3 is 4.74 Å². The second kappa shape index (κ2) is 4.80. The number of hydrogen-bond donors (Lipinski definition) is 0. The smallest absolute Gasteiger partial charge is 0.248 e. The Labute approximate surface area is 112 Å². The predicted molar refractivity (Wildman–Crippen MR) is 67.1 cm³/mol. The van der Waals surface area contributed by atoms with Crippen molar-refractivity contribution >= 4 is 21.6 Å². The van der Waals surface area contributed by atoms with Gasteiger partial charge in [0.05, 0.1) is 11.8 Å². The highest BCUT2D eigenvalue weighted by Crippen LogP contribution is 2.29. The van der Waals surface area contributed by atoms with Gasteiger partial charge >= 0.3 is 0 Å². The van der Waals surface area contributed by atoms with Gasteiger partial charge in [-0.15, -0.1) is 0 Å². The zero-order valence-electron chi connectivity index (χ0n) is 10.6. The zero-order valence-corrected chi connectivity index (χ0v) is 12.1. The molecule has 0 aliphatic carbocycles. The van der Waals surface area contributed by atoms with Crippen LogP contribution in [0.4, 0.5) is 0 Å². The topological polar surface area (TPSA) is 64.4 Å². The van der Waals surface area contributed by atoms with Crippen molar-refractivity contribution in [2.75, 3.05) is 20.2 Å². The third-order valence-electron chi connectivity index (χ3n) is 3.14. The number of halogens is 1. The average molecular weight is 294 g/mol. The number of sulfonamides is 1. The Morgan fingerprint density at radius 2 is 2.17 bits per heavy atom. The maximum absolute atomic E-state index is 12.5. The average Bonchev–Trinajstić information content (AvgIpc) is 2.85. The van der Waals surface area contributed by atoms with E-state index in [1.54, 1.807) is 21.1 Å². The van der Waals surface area contributed by atoms with Crippen LogP contribution in [0, 0.1) is 6.92 Å². The van der Waals surface area contributed by atoms with Gasteiger partial charge in [-0.1, -0.05) is 11.6 Å². The first kappa shape index (κ1) is 13.8. The lowest BCUT2D eigenvalue weighted by Crippen LogP contribution is -2.30. The normalized spacial score (nSPS) is 21.7. The number of methoxy groups -OCH3 is 1. The van der Waals surface area contributed by atoms with Gasteiger partial charge in [-0.05, 0) is 13.3 Å². The van der Waals surface area contributed by atoms with Crippen LogP contribution in [-0.4, -0.2) is 48.8 Å². The van der Waals surface area contributed by atoms with E-state index in [-0.39, 0.29) is 16.2 Å². The van der Waals surface area contributed by atoms with Gasteiger partial charge in [0.15, 0.2) is 0 Å². The maximum atomic E-state index is 12.5. The Morgan fingerprint density at radius 1 is 1.50 bits per heavy atom. The minimum atomic E-state index is -3.58. The fourth-order valence-corrected chi connectivity index (χ4v) is 4.33. The van der Waals surface area contributed by atoms with Gasteiger partial charge in [-0.2, -0.15) is 9.40 Å². The Kier molecular flexibility index (Phi) is 3.68. The van der Waals surface area contributed by atoms with Crippen LogP contribution in [-0.2, 0) is 21.8 Å². The quantitative estimate of drug-likeness (QED) is 0.826. The molecule has 102 valence electrons. The first-order chi connectivity index (χ1) is 8.37. The molecule has 0 N–H and O–H groups in total. The molecule has 1 unspecified atom stereocenters. The summed E-state index contributed by atoms with van der Waals surface area (Å²) in [5, 5.41) is 4.18. The first-order valence-electron chi connectivity index (χ1n) is 5.60. The number of aromatic nitrogens is 2. The van der Waals surface area contributed by atoms with E-state index in [1.807, 2.05) is 0 Å². The van der Waals surface area contributed by atoms with Gasteiger partial charge in [0.1, 0.15) is 10.0 Å². The molecule has 8 heteroatoms. The molecule has 1 saturated heterocycles. The number of aryl methyl sites for hydroxylation is 2. The number of nitrogens with zero attached hydrogens (tertiary/aromatic N) is 3. The number of ether oxygens (including phenoxy) is 1. The minimum absolute atomic E-state index is 0.0458. The van der Waals surface area contributed by atoms with Crippen LogP contribution in [0.25, 0.3) is 0 Å². The van der Waals surface area contributed by atoms with Gasteiger partial charge in [-0.3, -0.25) is 4.68 Å². The predicted octanol–water partition coefficient (Wildman–Crippen LogP) is 0.791. The molecule has 0 amide bonds. The summed E-state index contributed by atoms with van der Waals surface area (Å²) in [5.74, 6) is 0. The highest BCUT2D eigenvalue weighted by molar-refractivity contribution is 7.89. The lowest BCUT2D eigenvalue weighted by molar-refractivity contribution is 0.115. The fraction of sp³-hybridized carbons (Fsp3) is 0.700. The molecule has 1 aromatic rings. The summed E-state index contributed by atoms with van der Waals surface area (Å²) in [5.41, 5.74) is 0.420. The molecule has 2 rings (SSSR count). The standard InChI is InChI=1S/C10H16ClN3O3S/c1-7-9(10(11)13(2)12-7)18(15,16)14-5-4-8(6-14)17-3/h8H,4-6H2,1-3H3. The van der Waals surface area contributed by atoms with Crippen molar-refractivity contribution in [2.24, 2.45) is 7.05 Å². The summed E-state index contributed by atoms with van der Waals surface area (Å²) in [6.07, 6.45) is 0.655. The van der Waals surface area contributed by atoms with Gasteiger partial charge in [0.2, 0.25) is 10.0 Å². The monoisotopic (exact) mass is 293 g/mol. The zero-order chi connectivity index (χ0) is 13.5. The van der Waals surface area contributed by atoms with Gasteiger partial charge in [0.25, 0.3) is 0 Å². The third-order valence-corrected chi connectivity index (χ3v) is 5.70. The molecule has 18 heavy (non-hydrogen) atoms.